The predicted molar refractivity (Wildman–Crippen MR) is 82.6 cm³/mol. The number of pyridine rings is 1. The third kappa shape index (κ3) is 2.93. The fourth-order valence-corrected chi connectivity index (χ4v) is 2.50. The second kappa shape index (κ2) is 5.75. The Hall–Kier alpha value is -2.43. The van der Waals surface area contributed by atoms with Crippen LogP contribution in [0.15, 0.2) is 30.5 Å². The van der Waals surface area contributed by atoms with E-state index in [0.717, 1.165) is 29.6 Å². The van der Waals surface area contributed by atoms with Gasteiger partial charge in [0.2, 0.25) is 0 Å². The molecule has 0 aromatic carbocycles. The third-order valence-electron chi connectivity index (χ3n) is 3.94. The van der Waals surface area contributed by atoms with Crippen molar-refractivity contribution in [2.45, 2.75) is 32.1 Å². The number of rotatable bonds is 6. The average Bonchev–Trinajstić information content (AvgIpc) is 3.26. The molecule has 1 fully saturated rings. The number of aromatic nitrogens is 2. The fraction of sp³-hybridized carbons (Fsp3) is 0.353. The number of allylic oxidation sites excluding steroid dienone is 1. The maximum Gasteiger partial charge on any atom is 0.306 e. The average molecular weight is 298 g/mol. The predicted octanol–water partition coefficient (Wildman–Crippen LogP) is 2.90. The number of carbonyl (C=O) groups is 2. The highest BCUT2D eigenvalue weighted by atomic mass is 16.4. The van der Waals surface area contributed by atoms with E-state index in [0.29, 0.717) is 5.92 Å². The van der Waals surface area contributed by atoms with Gasteiger partial charge in [-0.1, -0.05) is 13.0 Å². The summed E-state index contributed by atoms with van der Waals surface area (Å²) < 4.78 is 1.83. The van der Waals surface area contributed by atoms with Gasteiger partial charge in [-0.05, 0) is 37.1 Å². The zero-order valence-electron chi connectivity index (χ0n) is 12.4. The third-order valence-corrected chi connectivity index (χ3v) is 3.94. The minimum Gasteiger partial charge on any atom is -0.481 e. The topological polar surface area (TPSA) is 71.7 Å². The van der Waals surface area contributed by atoms with Crippen LogP contribution in [-0.2, 0) is 9.59 Å². The first-order valence-electron chi connectivity index (χ1n) is 7.47. The summed E-state index contributed by atoms with van der Waals surface area (Å²) in [6, 6.07) is 5.84. The van der Waals surface area contributed by atoms with Gasteiger partial charge in [-0.3, -0.25) is 9.59 Å². The molecule has 1 unspecified atom stereocenters. The molecular weight excluding hydrogens is 280 g/mol. The van der Waals surface area contributed by atoms with E-state index in [1.807, 2.05) is 28.9 Å². The first-order chi connectivity index (χ1) is 10.6. The fourth-order valence-electron chi connectivity index (χ4n) is 2.50. The molecule has 0 spiro atoms. The Morgan fingerprint density at radius 2 is 2.23 bits per heavy atom. The molecule has 5 nitrogen and oxygen atoms in total. The molecule has 0 saturated heterocycles. The van der Waals surface area contributed by atoms with Crippen molar-refractivity contribution in [3.63, 3.8) is 0 Å². The van der Waals surface area contributed by atoms with E-state index in [1.54, 1.807) is 13.0 Å². The Labute approximate surface area is 128 Å². The lowest BCUT2D eigenvalue weighted by Gasteiger charge is -2.01. The van der Waals surface area contributed by atoms with Gasteiger partial charge in [0.25, 0.3) is 0 Å². The second-order valence-electron chi connectivity index (χ2n) is 5.85. The Kier molecular flexibility index (Phi) is 3.79. The van der Waals surface area contributed by atoms with Crippen LogP contribution in [-0.4, -0.2) is 26.5 Å². The van der Waals surface area contributed by atoms with E-state index >= 15 is 0 Å². The van der Waals surface area contributed by atoms with Gasteiger partial charge >= 0.3 is 5.97 Å². The summed E-state index contributed by atoms with van der Waals surface area (Å²) in [5, 5.41) is 13.5. The molecule has 1 aliphatic rings. The van der Waals surface area contributed by atoms with Crippen molar-refractivity contribution in [1.82, 2.24) is 9.61 Å². The first kappa shape index (κ1) is 14.5. The zero-order chi connectivity index (χ0) is 15.7. The number of carbonyl (C=O) groups excluding carboxylic acids is 1. The van der Waals surface area contributed by atoms with Crippen LogP contribution in [0.5, 0.6) is 0 Å². The summed E-state index contributed by atoms with van der Waals surface area (Å²) in [6.45, 7) is 1.54. The zero-order valence-corrected chi connectivity index (χ0v) is 12.4. The van der Waals surface area contributed by atoms with Crippen LogP contribution in [0.1, 0.15) is 43.4 Å². The molecule has 0 bridgehead atoms. The molecule has 22 heavy (non-hydrogen) atoms. The highest BCUT2D eigenvalue weighted by Crippen LogP contribution is 2.42. The summed E-state index contributed by atoms with van der Waals surface area (Å²) in [6.07, 6.45) is 7.45. The number of hydrogen-bond donors (Lipinski definition) is 1. The van der Waals surface area contributed by atoms with Crippen molar-refractivity contribution >= 4 is 23.3 Å². The minimum absolute atomic E-state index is 0.0177. The highest BCUT2D eigenvalue weighted by molar-refractivity contribution is 5.96. The molecule has 0 aliphatic heterocycles. The Morgan fingerprint density at radius 1 is 1.45 bits per heavy atom. The molecule has 1 saturated carbocycles. The van der Waals surface area contributed by atoms with E-state index < -0.39 is 11.9 Å². The van der Waals surface area contributed by atoms with Crippen molar-refractivity contribution in [2.75, 3.05) is 0 Å². The van der Waals surface area contributed by atoms with Gasteiger partial charge in [-0.25, -0.2) is 4.52 Å². The van der Waals surface area contributed by atoms with Gasteiger partial charge in [-0.15, -0.1) is 0 Å². The van der Waals surface area contributed by atoms with E-state index in [9.17, 15) is 9.59 Å². The minimum atomic E-state index is -0.948. The summed E-state index contributed by atoms with van der Waals surface area (Å²) in [7, 11) is 0. The van der Waals surface area contributed by atoms with Gasteiger partial charge in [-0.2, -0.15) is 5.10 Å². The Morgan fingerprint density at radius 3 is 2.91 bits per heavy atom. The summed E-state index contributed by atoms with van der Waals surface area (Å²) in [5.74, 6) is -1.31. The highest BCUT2D eigenvalue weighted by Gasteiger charge is 2.29. The van der Waals surface area contributed by atoms with Crippen LogP contribution in [0.3, 0.4) is 0 Å². The van der Waals surface area contributed by atoms with Crippen LogP contribution >= 0.6 is 0 Å². The lowest BCUT2D eigenvalue weighted by atomic mass is 10.0. The van der Waals surface area contributed by atoms with Crippen molar-refractivity contribution in [3.8, 4) is 0 Å². The lowest BCUT2D eigenvalue weighted by molar-refractivity contribution is -0.142. The van der Waals surface area contributed by atoms with Crippen LogP contribution < -0.4 is 0 Å². The van der Waals surface area contributed by atoms with E-state index in [1.165, 1.54) is 6.08 Å². The standard InChI is InChI=1S/C17H18N2O3/c1-11(17(21)22)10-13(20)7-8-14-15-4-2-3-9-19(15)18-16(14)12-5-6-12/h2-4,7-9,11-12H,5-6,10H2,1H3,(H,21,22). The number of carboxylic acid groups (broad SMARTS) is 1. The number of aliphatic carboxylic acids is 1. The largest absolute Gasteiger partial charge is 0.481 e. The monoisotopic (exact) mass is 298 g/mol. The molecule has 0 amide bonds. The van der Waals surface area contributed by atoms with Gasteiger partial charge in [0.1, 0.15) is 0 Å². The van der Waals surface area contributed by atoms with Gasteiger partial charge < -0.3 is 5.11 Å². The van der Waals surface area contributed by atoms with Crippen molar-refractivity contribution in [2.24, 2.45) is 5.92 Å². The van der Waals surface area contributed by atoms with Crippen LogP contribution in [0, 0.1) is 5.92 Å². The normalized spacial score (nSPS) is 16.2. The Balaban J connectivity index is 1.86. The van der Waals surface area contributed by atoms with Crippen molar-refractivity contribution in [1.29, 1.82) is 0 Å². The van der Waals surface area contributed by atoms with Crippen LogP contribution in [0.4, 0.5) is 0 Å². The molecule has 2 heterocycles. The number of carboxylic acids is 1. The van der Waals surface area contributed by atoms with Crippen LogP contribution in [0.25, 0.3) is 11.6 Å². The SMILES string of the molecule is CC(CC(=O)C=Cc1c(C2CC2)nn2ccccc12)C(=O)O. The Bertz CT molecular complexity index is 756. The maximum absolute atomic E-state index is 11.9. The molecule has 2 aromatic rings. The molecular formula is C17H18N2O3. The summed E-state index contributed by atoms with van der Waals surface area (Å²) in [4.78, 5) is 22.7. The molecule has 1 atom stereocenters. The van der Waals surface area contributed by atoms with Gasteiger partial charge in [0.05, 0.1) is 17.1 Å². The van der Waals surface area contributed by atoms with E-state index in [-0.39, 0.29) is 12.2 Å². The maximum atomic E-state index is 11.9. The summed E-state index contributed by atoms with van der Waals surface area (Å²) in [5.41, 5.74) is 2.97. The van der Waals surface area contributed by atoms with Gasteiger partial charge in [0.15, 0.2) is 5.78 Å². The number of hydrogen-bond acceptors (Lipinski definition) is 3. The molecule has 0 radical (unpaired) electrons. The molecule has 2 aromatic heterocycles. The van der Waals surface area contributed by atoms with Crippen molar-refractivity contribution in [3.05, 3.63) is 41.7 Å². The smallest absolute Gasteiger partial charge is 0.306 e. The molecule has 114 valence electrons. The first-order valence-corrected chi connectivity index (χ1v) is 7.47. The number of fused-ring (bicyclic) bond motifs is 1. The van der Waals surface area contributed by atoms with Gasteiger partial charge in [0, 0.05) is 24.1 Å². The molecule has 5 heteroatoms. The number of nitrogens with zero attached hydrogens (tertiary/aromatic N) is 2. The quantitative estimate of drug-likeness (QED) is 0.832. The van der Waals surface area contributed by atoms with E-state index in [2.05, 4.69) is 5.10 Å². The molecule has 3 rings (SSSR count). The second-order valence-corrected chi connectivity index (χ2v) is 5.85. The molecule has 1 N–H and O–H groups in total. The number of ketones is 1. The lowest BCUT2D eigenvalue weighted by Crippen LogP contribution is -2.13. The van der Waals surface area contributed by atoms with Crippen LogP contribution in [0.2, 0.25) is 0 Å². The van der Waals surface area contributed by atoms with Crippen molar-refractivity contribution < 1.29 is 14.7 Å². The molecule has 1 aliphatic carbocycles. The van der Waals surface area contributed by atoms with E-state index in [4.69, 9.17) is 5.11 Å². The summed E-state index contributed by atoms with van der Waals surface area (Å²) >= 11 is 0.